The Morgan fingerprint density at radius 2 is 1.03 bits per heavy atom. The van der Waals surface area contributed by atoms with Gasteiger partial charge in [0, 0.05) is 41.4 Å². The van der Waals surface area contributed by atoms with Gasteiger partial charge in [0.25, 0.3) is 5.69 Å². The summed E-state index contributed by atoms with van der Waals surface area (Å²) in [4.78, 5) is 67.3. The second-order valence-electron chi connectivity index (χ2n) is 29.6. The topological polar surface area (TPSA) is 361 Å². The molecule has 4 aliphatic heterocycles. The first-order chi connectivity index (χ1) is 51.7. The summed E-state index contributed by atoms with van der Waals surface area (Å²) < 4.78 is 160. The van der Waals surface area contributed by atoms with Crippen LogP contribution in [-0.2, 0) is 64.7 Å². The fourth-order valence-electron chi connectivity index (χ4n) is 14.2. The number of fused-ring (bicyclic) bond motifs is 4. The van der Waals surface area contributed by atoms with Gasteiger partial charge in [-0.2, -0.15) is 27.5 Å². The third-order valence-corrected chi connectivity index (χ3v) is 40.3. The van der Waals surface area contributed by atoms with Crippen LogP contribution in [0.5, 0.6) is 23.0 Å². The number of methoxy groups -OCH3 is 3. The van der Waals surface area contributed by atoms with Gasteiger partial charge >= 0.3 is 69.7 Å². The molecule has 4 saturated heterocycles. The number of anilines is 2. The molecule has 0 saturated carbocycles. The number of carbonyl (C=O) groups excluding carboxylic acids is 2. The minimum atomic E-state index is -3.66. The molecule has 0 spiro atoms. The van der Waals surface area contributed by atoms with Crippen LogP contribution in [-0.4, -0.2) is 146 Å². The summed E-state index contributed by atoms with van der Waals surface area (Å²) in [5.41, 5.74) is 4.59. The number of nitrogens with zero attached hydrogens (tertiary/aromatic N) is 5. The number of hydrogen-bond donors (Lipinski definition) is 3. The van der Waals surface area contributed by atoms with Gasteiger partial charge in [-0.25, -0.2) is 19.2 Å². The van der Waals surface area contributed by atoms with Crippen molar-refractivity contribution in [2.24, 2.45) is 0 Å². The number of aromatic nitrogens is 4. The zero-order valence-electron chi connectivity index (χ0n) is 65.0. The van der Waals surface area contributed by atoms with E-state index in [1.807, 2.05) is 83.1 Å². The molecule has 11 rings (SSSR count). The van der Waals surface area contributed by atoms with Gasteiger partial charge in [0.05, 0.1) is 46.1 Å². The van der Waals surface area contributed by atoms with Crippen molar-refractivity contribution in [3.05, 3.63) is 133 Å². The Balaban J connectivity index is 0.000000244. The number of nitrogens with two attached hydrogens (primary N) is 1. The van der Waals surface area contributed by atoms with E-state index < -0.39 is 112 Å². The molecule has 3 aromatic carbocycles. The van der Waals surface area contributed by atoms with Crippen LogP contribution in [0, 0.1) is 10.1 Å². The smallest absolute Gasteiger partial charge is 0.497 e. The van der Waals surface area contributed by atoms with Crippen LogP contribution in [0.1, 0.15) is 155 Å². The molecule has 4 aliphatic rings. The molecule has 620 valence electrons. The molecule has 4 N–H and O–H groups in total. The van der Waals surface area contributed by atoms with Gasteiger partial charge in [0.1, 0.15) is 59.1 Å². The van der Waals surface area contributed by atoms with Crippen molar-refractivity contribution in [2.75, 3.05) is 45.6 Å². The minimum absolute atomic E-state index is 0. The van der Waals surface area contributed by atoms with E-state index in [9.17, 15) is 34.4 Å². The van der Waals surface area contributed by atoms with Crippen molar-refractivity contribution in [1.82, 2.24) is 19.1 Å². The maximum atomic E-state index is 16.4. The van der Waals surface area contributed by atoms with Gasteiger partial charge in [0.2, 0.25) is 12.5 Å². The Bertz CT molecular complexity index is 4470. The van der Waals surface area contributed by atoms with E-state index >= 15 is 17.6 Å². The largest absolute Gasteiger partial charge is 0.514 e. The highest BCUT2D eigenvalue weighted by molar-refractivity contribution is 6.84. The highest BCUT2D eigenvalue weighted by atomic mass is 28.5. The van der Waals surface area contributed by atoms with E-state index in [0.717, 1.165) is 10.8 Å². The average molecular weight is 1650 g/mol. The van der Waals surface area contributed by atoms with Crippen LogP contribution < -0.4 is 41.4 Å². The molecule has 0 radical (unpaired) electrons. The van der Waals surface area contributed by atoms with Crippen molar-refractivity contribution < 1.29 is 110 Å². The minimum Gasteiger partial charge on any atom is -0.497 e. The number of rotatable bonds is 21. The van der Waals surface area contributed by atoms with E-state index in [-0.39, 0.29) is 115 Å². The molecule has 6 atom stereocenters. The summed E-state index contributed by atoms with van der Waals surface area (Å²) in [5.74, 6) is -5.18. The summed E-state index contributed by atoms with van der Waals surface area (Å²) >= 11 is 0. The van der Waals surface area contributed by atoms with Gasteiger partial charge in [-0.05, 0) is 104 Å². The normalized spacial score (nSPS) is 21.2. The number of aliphatic hydroxyl groups excluding tert-OH is 1. The van der Waals surface area contributed by atoms with Crippen LogP contribution in [0.25, 0.3) is 21.9 Å². The first-order valence-corrected chi connectivity index (χ1v) is 44.0. The summed E-state index contributed by atoms with van der Waals surface area (Å²) in [7, 11) is -8.04. The van der Waals surface area contributed by atoms with E-state index in [1.54, 1.807) is 36.4 Å². The molecule has 4 aromatic heterocycles. The van der Waals surface area contributed by atoms with E-state index in [2.05, 4.69) is 43.0 Å². The second kappa shape index (κ2) is 36.6. The monoisotopic (exact) mass is 1650 g/mol. The van der Waals surface area contributed by atoms with Crippen molar-refractivity contribution >= 4 is 85.8 Å². The zero-order valence-corrected chi connectivity index (χ0v) is 69.0. The van der Waals surface area contributed by atoms with Gasteiger partial charge in [0.15, 0.2) is 35.9 Å². The number of alkyl halides is 4. The van der Waals surface area contributed by atoms with Crippen LogP contribution >= 0.6 is 0 Å². The molecule has 112 heavy (non-hydrogen) atoms. The number of carbonyl (C=O) groups is 2. The number of non-ortho nitro benzene ring substituents is 1. The van der Waals surface area contributed by atoms with Gasteiger partial charge in [-0.15, -0.1) is 0 Å². The third-order valence-electron chi connectivity index (χ3n) is 19.8. The lowest BCUT2D eigenvalue weighted by Crippen LogP contribution is -2.66. The summed E-state index contributed by atoms with van der Waals surface area (Å²) in [6.45, 7) is 31.1. The number of hydrogen-bond acceptors (Lipinski definition) is 26. The molecular weight excluding hydrogens is 1540 g/mol. The number of aliphatic hydroxyl groups is 1. The number of nitro groups is 1. The Kier molecular flexibility index (Phi) is 29.7. The lowest BCUT2D eigenvalue weighted by Gasteiger charge is -2.51. The molecule has 30 nitrogen and oxygen atoms in total. The summed E-state index contributed by atoms with van der Waals surface area (Å²) in [6, 6.07) is 17.6. The molecule has 4 fully saturated rings. The van der Waals surface area contributed by atoms with Crippen LogP contribution in [0.2, 0.25) is 44.3 Å². The Labute approximate surface area is 652 Å². The van der Waals surface area contributed by atoms with E-state index in [4.69, 9.17) is 78.4 Å². The van der Waals surface area contributed by atoms with Crippen LogP contribution in [0.3, 0.4) is 0 Å². The molecule has 0 unspecified atom stereocenters. The van der Waals surface area contributed by atoms with E-state index in [0.29, 0.717) is 60.8 Å². The zero-order chi connectivity index (χ0) is 81.1. The van der Waals surface area contributed by atoms with Gasteiger partial charge in [-0.1, -0.05) is 126 Å². The van der Waals surface area contributed by atoms with E-state index in [1.165, 1.54) is 63.9 Å². The molecular formula is C74H107F4N7O23Si4. The fraction of sp³-hybridized carbons (Fsp3) is 0.568. The first-order valence-electron chi connectivity index (χ1n) is 36.1. The molecule has 0 aliphatic carbocycles. The first kappa shape index (κ1) is 91.1. The van der Waals surface area contributed by atoms with Crippen LogP contribution in [0.15, 0.2) is 104 Å². The van der Waals surface area contributed by atoms with Gasteiger partial charge < -0.3 is 83.5 Å². The number of halogens is 4. The molecule has 38 heteroatoms. The number of amides is 1. The number of furan rings is 2. The number of nitrogen functional groups attached to an aromatic ring is 1. The fourth-order valence-corrected chi connectivity index (χ4v) is 36.6. The molecule has 8 heterocycles. The second-order valence-corrected chi connectivity index (χ2v) is 47.3. The van der Waals surface area contributed by atoms with Crippen molar-refractivity contribution in [3.8, 4) is 23.0 Å². The summed E-state index contributed by atoms with van der Waals surface area (Å²) in [5, 5.41) is 23.6. The lowest BCUT2D eigenvalue weighted by atomic mass is 10.1. The van der Waals surface area contributed by atoms with Crippen molar-refractivity contribution in [3.63, 3.8) is 0 Å². The van der Waals surface area contributed by atoms with Crippen LogP contribution in [0.4, 0.5) is 44.5 Å². The van der Waals surface area contributed by atoms with Gasteiger partial charge in [-0.3, -0.25) is 24.6 Å². The number of ether oxygens (including phenoxy) is 8. The SMILES string of the molecule is C.C.CC(C)[Si]1(C(C)C)OC[C@H]2O[C@@H](n3ccc(N)nc3=O)C(F)(F)[C@@H]2O[Si](C(C)C)(C(C)C)O1.COc1cc(CO)cc2cc(COC(=O)Oc3ccc([N+](=O)[O-])cc3)oc12.COc1cc(OC)c2oc(COC(=O)Nc3ccn([C@@H]4O[C@@H]5CO[Si](C(C)C)(C(C)C)O[Si](C(C)C)(C(C)C)O[C@H]5C4(F)F)c(=O)n3)cc2c1. The highest BCUT2D eigenvalue weighted by Gasteiger charge is 2.70. The number of benzene rings is 3. The third kappa shape index (κ3) is 18.6. The highest BCUT2D eigenvalue weighted by Crippen LogP contribution is 2.55. The predicted octanol–water partition coefficient (Wildman–Crippen LogP) is 16.4. The Morgan fingerprint density at radius 1 is 0.598 bits per heavy atom. The predicted molar refractivity (Wildman–Crippen MR) is 416 cm³/mol. The number of nitrogens with one attached hydrogen (secondary N) is 1. The molecule has 7 aromatic rings. The van der Waals surface area contributed by atoms with Crippen molar-refractivity contribution in [1.29, 1.82) is 0 Å². The van der Waals surface area contributed by atoms with Crippen molar-refractivity contribution in [2.45, 2.75) is 238 Å². The lowest BCUT2D eigenvalue weighted by molar-refractivity contribution is -0.384. The maximum absolute atomic E-state index is 16.4. The molecule has 0 bridgehead atoms. The average Bonchev–Trinajstić information content (AvgIpc) is 1.53. The number of nitro benzene ring substituents is 1. The Hall–Kier alpha value is -8.13. The standard InChI is InChI=1S/C33H47F2N3O10Si2.C21H37F2N3O5Si2.C18H15NO8.2CH4/c1-18(2)49(19(3)4)44-17-26-29(47-50(48-49,20(5)6)21(7)8)33(34,35)30(46-26)38-12-11-27(36-31(38)39)37-32(40)43-16-24-14-22-13-23(41-9)15-25(42-10)28(22)45-24;1-12(2)32(13(3)4)28-11-16-18(30-33(31-32,14(5)6)15(7)8)21(22,23)19(29-16)26-10-9-17(24)25-20(26)27;1-24-16-7-11(9-20)6-12-8-15(26-17(12)16)10-25-18(21)27-14-4-2-13(3-5-14)19(22)23;;/h11-15,18-21,26,29-30H,16-17H2,1-10H3,(H,36,37,39,40);9-10,12-16,18-19H,11H2,1-8H3,(H2,24,25,27);2-8,20H,9-10H2,1H3;2*1H4/t26-,29-,30-;16-,18-,19-;;;/m11.../s1. The molecule has 1 amide bonds. The Morgan fingerprint density at radius 3 is 1.44 bits per heavy atom. The quantitative estimate of drug-likeness (QED) is 0.0150. The maximum Gasteiger partial charge on any atom is 0.514 e. The summed E-state index contributed by atoms with van der Waals surface area (Å²) in [6.07, 6.45) is -9.15.